The van der Waals surface area contributed by atoms with E-state index in [2.05, 4.69) is 10.5 Å². The average Bonchev–Trinajstić information content (AvgIpc) is 2.81. The summed E-state index contributed by atoms with van der Waals surface area (Å²) < 4.78 is 9.84. The van der Waals surface area contributed by atoms with Crippen molar-refractivity contribution >= 4 is 17.8 Å². The number of hydrogen-bond donors (Lipinski definition) is 2. The van der Waals surface area contributed by atoms with Crippen LogP contribution in [0.15, 0.2) is 10.6 Å². The molecule has 2 N–H and O–H groups in total. The van der Waals surface area contributed by atoms with Gasteiger partial charge in [-0.05, 0) is 12.1 Å². The molecule has 1 aromatic rings. The van der Waals surface area contributed by atoms with Crippen LogP contribution in [0.1, 0.15) is 5.76 Å². The van der Waals surface area contributed by atoms with E-state index >= 15 is 0 Å². The number of carbonyl (C=O) groups excluding carboxylic acids is 2. The van der Waals surface area contributed by atoms with Crippen LogP contribution in [0.4, 0.5) is 0 Å². The number of hydrogen-bond acceptors (Lipinski definition) is 6. The quantitative estimate of drug-likeness (QED) is 0.709. The van der Waals surface area contributed by atoms with Gasteiger partial charge in [0.25, 0.3) is 11.8 Å². The Morgan fingerprint density at radius 2 is 2.40 bits per heavy atom. The minimum absolute atomic E-state index is 0.122. The molecular weight excluding hydrogens is 270 g/mol. The van der Waals surface area contributed by atoms with Gasteiger partial charge >= 0.3 is 5.97 Å². The standard InChI is InChI=1S/C11H13N3O6/c1-6-2-9(13-20-6)19-5-10(16)14-4-8(15)12-3-7(14)11(17)18/h2,7H,3-5H2,1H3,(H,12,15)(H,17,18). The predicted molar refractivity (Wildman–Crippen MR) is 62.9 cm³/mol. The number of carboxylic acid groups (broad SMARTS) is 1. The molecule has 108 valence electrons. The second kappa shape index (κ2) is 5.59. The molecule has 1 fully saturated rings. The Balaban J connectivity index is 1.98. The Kier molecular flexibility index (Phi) is 3.87. The normalized spacial score (nSPS) is 18.6. The summed E-state index contributed by atoms with van der Waals surface area (Å²) in [6, 6.07) is 0.396. The number of aromatic nitrogens is 1. The summed E-state index contributed by atoms with van der Waals surface area (Å²) >= 11 is 0. The van der Waals surface area contributed by atoms with Crippen LogP contribution < -0.4 is 10.1 Å². The van der Waals surface area contributed by atoms with Gasteiger partial charge in [0, 0.05) is 12.6 Å². The SMILES string of the molecule is Cc1cc(OCC(=O)N2CC(=O)NCC2C(=O)O)no1. The molecule has 1 aliphatic rings. The third-order valence-electron chi connectivity index (χ3n) is 2.74. The zero-order valence-corrected chi connectivity index (χ0v) is 10.7. The molecule has 9 heteroatoms. The summed E-state index contributed by atoms with van der Waals surface area (Å²) in [4.78, 5) is 35.2. The largest absolute Gasteiger partial charge is 0.480 e. The highest BCUT2D eigenvalue weighted by molar-refractivity contribution is 5.91. The van der Waals surface area contributed by atoms with Crippen molar-refractivity contribution in [2.75, 3.05) is 19.7 Å². The Morgan fingerprint density at radius 3 is 3.00 bits per heavy atom. The lowest BCUT2D eigenvalue weighted by Gasteiger charge is -2.32. The monoisotopic (exact) mass is 283 g/mol. The van der Waals surface area contributed by atoms with E-state index in [-0.39, 0.29) is 19.0 Å². The number of carboxylic acids is 1. The van der Waals surface area contributed by atoms with Gasteiger partial charge in [-0.25, -0.2) is 4.79 Å². The number of piperazine rings is 1. The van der Waals surface area contributed by atoms with Crippen molar-refractivity contribution in [2.45, 2.75) is 13.0 Å². The van der Waals surface area contributed by atoms with Gasteiger partial charge in [0.2, 0.25) is 5.91 Å². The van der Waals surface area contributed by atoms with Gasteiger partial charge in [0.05, 0.1) is 0 Å². The lowest BCUT2D eigenvalue weighted by molar-refractivity contribution is -0.154. The smallest absolute Gasteiger partial charge is 0.328 e. The van der Waals surface area contributed by atoms with Crippen LogP contribution >= 0.6 is 0 Å². The molecule has 0 aliphatic carbocycles. The predicted octanol–water partition coefficient (Wildman–Crippen LogP) is -1.23. The topological polar surface area (TPSA) is 122 Å². The molecule has 20 heavy (non-hydrogen) atoms. The second-order valence-electron chi connectivity index (χ2n) is 4.24. The molecule has 0 saturated carbocycles. The maximum Gasteiger partial charge on any atom is 0.328 e. The van der Waals surface area contributed by atoms with Crippen LogP contribution in [0.5, 0.6) is 5.88 Å². The number of nitrogens with one attached hydrogen (secondary N) is 1. The molecule has 0 spiro atoms. The molecule has 1 atom stereocenters. The van der Waals surface area contributed by atoms with Gasteiger partial charge < -0.3 is 24.6 Å². The maximum atomic E-state index is 11.9. The molecule has 1 aliphatic heterocycles. The van der Waals surface area contributed by atoms with Crippen LogP contribution in [0.25, 0.3) is 0 Å². The highest BCUT2D eigenvalue weighted by Crippen LogP contribution is 2.11. The second-order valence-corrected chi connectivity index (χ2v) is 4.24. The third kappa shape index (κ3) is 3.05. The molecule has 9 nitrogen and oxygen atoms in total. The van der Waals surface area contributed by atoms with Gasteiger partial charge in [0.15, 0.2) is 6.61 Å². The van der Waals surface area contributed by atoms with Gasteiger partial charge in [0.1, 0.15) is 18.3 Å². The van der Waals surface area contributed by atoms with Crippen molar-refractivity contribution in [3.8, 4) is 5.88 Å². The summed E-state index contributed by atoms with van der Waals surface area (Å²) in [6.45, 7) is 0.820. The highest BCUT2D eigenvalue weighted by atomic mass is 16.5. The lowest BCUT2D eigenvalue weighted by atomic mass is 10.2. The third-order valence-corrected chi connectivity index (χ3v) is 2.74. The fourth-order valence-corrected chi connectivity index (χ4v) is 1.75. The van der Waals surface area contributed by atoms with Crippen LogP contribution in [-0.2, 0) is 14.4 Å². The Labute approximate surface area is 113 Å². The summed E-state index contributed by atoms with van der Waals surface area (Å²) in [5.41, 5.74) is 0. The first-order chi connectivity index (χ1) is 9.47. The summed E-state index contributed by atoms with van der Waals surface area (Å²) in [5.74, 6) is -1.55. The van der Waals surface area contributed by atoms with Crippen molar-refractivity contribution in [2.24, 2.45) is 0 Å². The summed E-state index contributed by atoms with van der Waals surface area (Å²) in [7, 11) is 0. The molecule has 0 bridgehead atoms. The van der Waals surface area contributed by atoms with Crippen molar-refractivity contribution in [1.82, 2.24) is 15.4 Å². The zero-order chi connectivity index (χ0) is 14.7. The molecule has 2 rings (SSSR count). The van der Waals surface area contributed by atoms with E-state index < -0.39 is 30.4 Å². The van der Waals surface area contributed by atoms with Gasteiger partial charge in [-0.1, -0.05) is 0 Å². The van der Waals surface area contributed by atoms with Crippen LogP contribution in [0, 0.1) is 6.92 Å². The van der Waals surface area contributed by atoms with Crippen molar-refractivity contribution < 1.29 is 28.8 Å². The molecule has 1 unspecified atom stereocenters. The van der Waals surface area contributed by atoms with Crippen molar-refractivity contribution in [1.29, 1.82) is 0 Å². The number of ether oxygens (including phenoxy) is 1. The van der Waals surface area contributed by atoms with E-state index in [9.17, 15) is 14.4 Å². The van der Waals surface area contributed by atoms with Crippen LogP contribution in [-0.4, -0.2) is 58.7 Å². The number of carbonyl (C=O) groups is 3. The first-order valence-corrected chi connectivity index (χ1v) is 5.82. The van der Waals surface area contributed by atoms with E-state index in [4.69, 9.17) is 14.4 Å². The minimum Gasteiger partial charge on any atom is -0.480 e. The Bertz CT molecular complexity index is 540. The van der Waals surface area contributed by atoms with E-state index in [0.29, 0.717) is 5.76 Å². The Morgan fingerprint density at radius 1 is 1.65 bits per heavy atom. The molecule has 2 heterocycles. The summed E-state index contributed by atoms with van der Waals surface area (Å²) in [6.07, 6.45) is 0. The molecule has 2 amide bonds. The first kappa shape index (κ1) is 13.8. The highest BCUT2D eigenvalue weighted by Gasteiger charge is 2.35. The lowest BCUT2D eigenvalue weighted by Crippen LogP contribution is -2.60. The Hall–Kier alpha value is -2.58. The van der Waals surface area contributed by atoms with E-state index in [0.717, 1.165) is 4.90 Å². The fraction of sp³-hybridized carbons (Fsp3) is 0.455. The molecule has 1 saturated heterocycles. The molecule has 1 aromatic heterocycles. The fourth-order valence-electron chi connectivity index (χ4n) is 1.75. The van der Waals surface area contributed by atoms with E-state index in [1.54, 1.807) is 6.92 Å². The maximum absolute atomic E-state index is 11.9. The van der Waals surface area contributed by atoms with Gasteiger partial charge in [-0.2, -0.15) is 0 Å². The number of aliphatic carboxylic acids is 1. The number of rotatable bonds is 4. The van der Waals surface area contributed by atoms with E-state index in [1.165, 1.54) is 6.07 Å². The van der Waals surface area contributed by atoms with Crippen LogP contribution in [0.3, 0.4) is 0 Å². The minimum atomic E-state index is -1.18. The average molecular weight is 283 g/mol. The van der Waals surface area contributed by atoms with Crippen LogP contribution in [0.2, 0.25) is 0 Å². The molecule has 0 radical (unpaired) electrons. The van der Waals surface area contributed by atoms with Gasteiger partial charge in [-0.15, -0.1) is 0 Å². The number of amides is 2. The van der Waals surface area contributed by atoms with E-state index in [1.807, 2.05) is 0 Å². The number of nitrogens with zero attached hydrogens (tertiary/aromatic N) is 2. The summed E-state index contributed by atoms with van der Waals surface area (Å²) in [5, 5.41) is 15.0. The van der Waals surface area contributed by atoms with Gasteiger partial charge in [-0.3, -0.25) is 9.59 Å². The molecule has 0 aromatic carbocycles. The van der Waals surface area contributed by atoms with Crippen molar-refractivity contribution in [3.05, 3.63) is 11.8 Å². The molecular formula is C11H13N3O6. The first-order valence-electron chi connectivity index (χ1n) is 5.82. The zero-order valence-electron chi connectivity index (χ0n) is 10.7. The van der Waals surface area contributed by atoms with Crippen molar-refractivity contribution in [3.63, 3.8) is 0 Å². The number of aryl methyl sites for hydroxylation is 1.